The van der Waals surface area contributed by atoms with E-state index in [0.717, 1.165) is 17.5 Å². The van der Waals surface area contributed by atoms with Gasteiger partial charge in [-0.25, -0.2) is 0 Å². The fraction of sp³-hybridized carbons (Fsp3) is 0.538. The Labute approximate surface area is 107 Å². The smallest absolute Gasteiger partial charge is 0.0406 e. The molecule has 1 aromatic carbocycles. The molecule has 88 valence electrons. The lowest BCUT2D eigenvalue weighted by Crippen LogP contribution is -2.33. The van der Waals surface area contributed by atoms with Crippen LogP contribution in [0.4, 0.5) is 0 Å². The molecule has 1 aromatic rings. The molecule has 1 nitrogen and oxygen atoms in total. The van der Waals surface area contributed by atoms with Gasteiger partial charge in [0.25, 0.3) is 0 Å². The van der Waals surface area contributed by atoms with Gasteiger partial charge in [-0.05, 0) is 49.6 Å². The molecule has 3 heteroatoms. The van der Waals surface area contributed by atoms with E-state index < -0.39 is 0 Å². The van der Waals surface area contributed by atoms with E-state index in [0.29, 0.717) is 6.04 Å². The van der Waals surface area contributed by atoms with E-state index >= 15 is 0 Å². The molecule has 1 unspecified atom stereocenters. The Hall–Kier alpha value is -0.180. The molecule has 0 aromatic heterocycles. The molecular weight excluding hydrogens is 238 g/mol. The van der Waals surface area contributed by atoms with Crippen LogP contribution in [0, 0.1) is 5.92 Å². The van der Waals surface area contributed by atoms with Crippen molar-refractivity contribution in [1.29, 1.82) is 0 Å². The highest BCUT2D eigenvalue weighted by atomic mass is 35.5. The Morgan fingerprint density at radius 1 is 1.38 bits per heavy atom. The van der Waals surface area contributed by atoms with Gasteiger partial charge in [-0.1, -0.05) is 18.5 Å². The minimum absolute atomic E-state index is 0.686. The SMILES string of the molecule is CCNC(CSc1ccc(Cl)cc1)C1CC1. The van der Waals surface area contributed by atoms with Crippen LogP contribution in [-0.2, 0) is 0 Å². The summed E-state index contributed by atoms with van der Waals surface area (Å²) in [6.07, 6.45) is 2.80. The first-order chi connectivity index (χ1) is 7.79. The van der Waals surface area contributed by atoms with E-state index in [-0.39, 0.29) is 0 Å². The van der Waals surface area contributed by atoms with Crippen molar-refractivity contribution in [2.24, 2.45) is 5.92 Å². The summed E-state index contributed by atoms with van der Waals surface area (Å²) < 4.78 is 0. The summed E-state index contributed by atoms with van der Waals surface area (Å²) in [4.78, 5) is 1.31. The predicted octanol–water partition coefficient (Wildman–Crippen LogP) is 3.82. The van der Waals surface area contributed by atoms with Crippen molar-refractivity contribution < 1.29 is 0 Å². The number of halogens is 1. The highest BCUT2D eigenvalue weighted by Gasteiger charge is 2.30. The Bertz CT molecular complexity index is 321. The van der Waals surface area contributed by atoms with Crippen LogP contribution in [0.1, 0.15) is 19.8 Å². The van der Waals surface area contributed by atoms with Gasteiger partial charge >= 0.3 is 0 Å². The average Bonchev–Trinajstić information content (AvgIpc) is 3.10. The number of rotatable bonds is 6. The molecule has 2 rings (SSSR count). The van der Waals surface area contributed by atoms with Crippen molar-refractivity contribution >= 4 is 23.4 Å². The third-order valence-electron chi connectivity index (χ3n) is 2.90. The van der Waals surface area contributed by atoms with Gasteiger partial charge < -0.3 is 5.32 Å². The molecule has 0 radical (unpaired) electrons. The van der Waals surface area contributed by atoms with Crippen LogP contribution in [0.25, 0.3) is 0 Å². The van der Waals surface area contributed by atoms with Crippen molar-refractivity contribution in [3.05, 3.63) is 29.3 Å². The van der Waals surface area contributed by atoms with Crippen LogP contribution in [0.2, 0.25) is 5.02 Å². The number of benzene rings is 1. The maximum atomic E-state index is 5.86. The second-order valence-electron chi connectivity index (χ2n) is 4.27. The predicted molar refractivity (Wildman–Crippen MR) is 72.4 cm³/mol. The topological polar surface area (TPSA) is 12.0 Å². The zero-order valence-corrected chi connectivity index (χ0v) is 11.2. The summed E-state index contributed by atoms with van der Waals surface area (Å²) in [5.41, 5.74) is 0. The summed E-state index contributed by atoms with van der Waals surface area (Å²) in [5.74, 6) is 2.08. The monoisotopic (exact) mass is 255 g/mol. The Balaban J connectivity index is 1.82. The Kier molecular flexibility index (Phi) is 4.56. The Morgan fingerprint density at radius 3 is 2.62 bits per heavy atom. The van der Waals surface area contributed by atoms with E-state index in [4.69, 9.17) is 11.6 Å². The fourth-order valence-electron chi connectivity index (χ4n) is 1.84. The third kappa shape index (κ3) is 3.69. The van der Waals surface area contributed by atoms with Crippen LogP contribution in [0.3, 0.4) is 0 Å². The summed E-state index contributed by atoms with van der Waals surface area (Å²) in [7, 11) is 0. The molecule has 0 spiro atoms. The highest BCUT2D eigenvalue weighted by Crippen LogP contribution is 2.35. The minimum Gasteiger partial charge on any atom is -0.313 e. The molecule has 1 N–H and O–H groups in total. The fourth-order valence-corrected chi connectivity index (χ4v) is 3.06. The molecule has 1 aliphatic carbocycles. The quantitative estimate of drug-likeness (QED) is 0.776. The maximum Gasteiger partial charge on any atom is 0.0406 e. The second kappa shape index (κ2) is 5.95. The molecule has 0 bridgehead atoms. The molecule has 0 aliphatic heterocycles. The zero-order valence-electron chi connectivity index (χ0n) is 9.58. The second-order valence-corrected chi connectivity index (χ2v) is 5.80. The summed E-state index contributed by atoms with van der Waals surface area (Å²) in [6.45, 7) is 3.25. The maximum absolute atomic E-state index is 5.86. The van der Waals surface area contributed by atoms with Crippen molar-refractivity contribution in [2.75, 3.05) is 12.3 Å². The Morgan fingerprint density at radius 2 is 2.06 bits per heavy atom. The van der Waals surface area contributed by atoms with E-state index in [1.165, 1.54) is 23.5 Å². The summed E-state index contributed by atoms with van der Waals surface area (Å²) in [5, 5.41) is 4.39. The van der Waals surface area contributed by atoms with Gasteiger partial charge in [0.1, 0.15) is 0 Å². The summed E-state index contributed by atoms with van der Waals surface area (Å²) >= 11 is 7.79. The highest BCUT2D eigenvalue weighted by molar-refractivity contribution is 7.99. The van der Waals surface area contributed by atoms with Crippen LogP contribution >= 0.6 is 23.4 Å². The first-order valence-electron chi connectivity index (χ1n) is 5.91. The number of nitrogens with one attached hydrogen (secondary N) is 1. The first kappa shape index (κ1) is 12.3. The van der Waals surface area contributed by atoms with Crippen molar-refractivity contribution in [3.63, 3.8) is 0 Å². The standard InChI is InChI=1S/C13H18ClNS/c1-2-15-13(10-3-4-10)9-16-12-7-5-11(14)6-8-12/h5-8,10,13,15H,2-4,9H2,1H3. The molecule has 0 heterocycles. The molecule has 0 saturated heterocycles. The third-order valence-corrected chi connectivity index (χ3v) is 4.28. The largest absolute Gasteiger partial charge is 0.313 e. The normalized spacial score (nSPS) is 17.4. The van der Waals surface area contributed by atoms with Gasteiger partial charge in [0.15, 0.2) is 0 Å². The minimum atomic E-state index is 0.686. The van der Waals surface area contributed by atoms with Crippen molar-refractivity contribution in [2.45, 2.75) is 30.7 Å². The van der Waals surface area contributed by atoms with Gasteiger partial charge in [-0.15, -0.1) is 11.8 Å². The van der Waals surface area contributed by atoms with E-state index in [1.807, 2.05) is 23.9 Å². The lowest BCUT2D eigenvalue weighted by atomic mass is 10.2. The summed E-state index contributed by atoms with van der Waals surface area (Å²) in [6, 6.07) is 8.81. The van der Waals surface area contributed by atoms with Gasteiger partial charge in [0.05, 0.1) is 0 Å². The average molecular weight is 256 g/mol. The van der Waals surface area contributed by atoms with Crippen molar-refractivity contribution in [3.8, 4) is 0 Å². The van der Waals surface area contributed by atoms with Crippen LogP contribution in [0.15, 0.2) is 29.2 Å². The van der Waals surface area contributed by atoms with E-state index in [2.05, 4.69) is 24.4 Å². The molecule has 1 aliphatic rings. The van der Waals surface area contributed by atoms with Crippen LogP contribution in [-0.4, -0.2) is 18.3 Å². The number of hydrogen-bond acceptors (Lipinski definition) is 2. The molecular formula is C13H18ClNS. The lowest BCUT2D eigenvalue weighted by molar-refractivity contribution is 0.519. The van der Waals surface area contributed by atoms with Gasteiger partial charge in [0.2, 0.25) is 0 Å². The van der Waals surface area contributed by atoms with Crippen molar-refractivity contribution in [1.82, 2.24) is 5.32 Å². The molecule has 1 saturated carbocycles. The number of thioether (sulfide) groups is 1. The lowest BCUT2D eigenvalue weighted by Gasteiger charge is -2.16. The first-order valence-corrected chi connectivity index (χ1v) is 7.27. The molecule has 0 amide bonds. The molecule has 1 fully saturated rings. The molecule has 16 heavy (non-hydrogen) atoms. The molecule has 1 atom stereocenters. The van der Waals surface area contributed by atoms with E-state index in [1.54, 1.807) is 0 Å². The van der Waals surface area contributed by atoms with Gasteiger partial charge in [0, 0.05) is 21.7 Å². The zero-order chi connectivity index (χ0) is 11.4. The van der Waals surface area contributed by atoms with Gasteiger partial charge in [-0.2, -0.15) is 0 Å². The van der Waals surface area contributed by atoms with E-state index in [9.17, 15) is 0 Å². The van der Waals surface area contributed by atoms with Crippen LogP contribution < -0.4 is 5.32 Å². The van der Waals surface area contributed by atoms with Gasteiger partial charge in [-0.3, -0.25) is 0 Å². The number of hydrogen-bond donors (Lipinski definition) is 1. The van der Waals surface area contributed by atoms with Crippen LogP contribution in [0.5, 0.6) is 0 Å².